The smallest absolute Gasteiger partial charge is 0.229 e. The van der Waals surface area contributed by atoms with Crippen LogP contribution >= 0.6 is 11.3 Å². The second-order valence-corrected chi connectivity index (χ2v) is 11.1. The summed E-state index contributed by atoms with van der Waals surface area (Å²) < 4.78 is 1.08. The van der Waals surface area contributed by atoms with E-state index in [1.165, 1.54) is 11.8 Å². The first-order valence-corrected chi connectivity index (χ1v) is 14.1. The third-order valence-electron chi connectivity index (χ3n) is 7.52. The topological polar surface area (TPSA) is 73.4 Å². The van der Waals surface area contributed by atoms with Crippen LogP contribution in [-0.2, 0) is 4.79 Å². The van der Waals surface area contributed by atoms with Gasteiger partial charge in [0.05, 0.1) is 10.2 Å². The number of rotatable bonds is 9. The largest absolute Gasteiger partial charge is 0.372 e. The summed E-state index contributed by atoms with van der Waals surface area (Å²) in [4.78, 5) is 26.1. The van der Waals surface area contributed by atoms with Crippen LogP contribution in [-0.4, -0.2) is 52.9 Å². The quantitative estimate of drug-likeness (QED) is 0.328. The van der Waals surface area contributed by atoms with E-state index in [1.807, 2.05) is 6.07 Å². The van der Waals surface area contributed by atoms with E-state index in [2.05, 4.69) is 70.2 Å². The average Bonchev–Trinajstić information content (AvgIpc) is 3.39. The van der Waals surface area contributed by atoms with E-state index in [-0.39, 0.29) is 5.78 Å². The zero-order valence-corrected chi connectivity index (χ0v) is 22.4. The fourth-order valence-electron chi connectivity index (χ4n) is 5.32. The van der Waals surface area contributed by atoms with Crippen LogP contribution in [0.5, 0.6) is 0 Å². The summed E-state index contributed by atoms with van der Waals surface area (Å²) in [6.45, 7) is 13.8. The SMILES string of the molecule is C=CC(=O)CC1CCC(Nc2nc(Nc3ccc(N4CCN(C(=C)C)CC4)cc3)nc3ccsc23)CC1. The van der Waals surface area contributed by atoms with E-state index in [4.69, 9.17) is 9.97 Å². The summed E-state index contributed by atoms with van der Waals surface area (Å²) in [5.41, 5.74) is 4.29. The molecule has 0 bridgehead atoms. The molecule has 8 heteroatoms. The first kappa shape index (κ1) is 25.3. The van der Waals surface area contributed by atoms with Crippen LogP contribution in [0.25, 0.3) is 10.2 Å². The van der Waals surface area contributed by atoms with Gasteiger partial charge in [0.2, 0.25) is 5.95 Å². The van der Waals surface area contributed by atoms with Crippen molar-refractivity contribution in [3.8, 4) is 0 Å². The van der Waals surface area contributed by atoms with Crippen molar-refractivity contribution in [2.45, 2.75) is 45.1 Å². The lowest BCUT2D eigenvalue weighted by atomic mass is 9.83. The molecule has 1 aliphatic heterocycles. The van der Waals surface area contributed by atoms with E-state index in [9.17, 15) is 4.79 Å². The van der Waals surface area contributed by atoms with Crippen LogP contribution in [0, 0.1) is 5.92 Å². The molecule has 3 aromatic rings. The number of carbonyl (C=O) groups excluding carboxylic acids is 1. The zero-order valence-electron chi connectivity index (χ0n) is 21.6. The Balaban J connectivity index is 1.23. The van der Waals surface area contributed by atoms with E-state index in [0.717, 1.165) is 79.3 Å². The lowest BCUT2D eigenvalue weighted by Crippen LogP contribution is -2.45. The Morgan fingerprint density at radius 3 is 2.49 bits per heavy atom. The number of benzene rings is 1. The highest BCUT2D eigenvalue weighted by molar-refractivity contribution is 7.17. The molecule has 1 aromatic carbocycles. The minimum atomic E-state index is 0.154. The van der Waals surface area contributed by atoms with Crippen molar-refractivity contribution in [2.24, 2.45) is 5.92 Å². The number of anilines is 4. The van der Waals surface area contributed by atoms with Crippen LogP contribution in [0.2, 0.25) is 0 Å². The minimum Gasteiger partial charge on any atom is -0.372 e. The van der Waals surface area contributed by atoms with Crippen molar-refractivity contribution in [3.63, 3.8) is 0 Å². The van der Waals surface area contributed by atoms with Crippen molar-refractivity contribution in [1.29, 1.82) is 0 Å². The molecule has 1 saturated heterocycles. The lowest BCUT2D eigenvalue weighted by molar-refractivity contribution is -0.115. The average molecular weight is 517 g/mol. The first-order chi connectivity index (χ1) is 18.0. The van der Waals surface area contributed by atoms with Gasteiger partial charge in [-0.05, 0) is 80.3 Å². The summed E-state index contributed by atoms with van der Waals surface area (Å²) >= 11 is 1.66. The van der Waals surface area contributed by atoms with Crippen LogP contribution in [0.4, 0.5) is 23.1 Å². The van der Waals surface area contributed by atoms with Gasteiger partial charge in [-0.15, -0.1) is 11.3 Å². The molecule has 2 N–H and O–H groups in total. The number of nitrogens with one attached hydrogen (secondary N) is 2. The molecular weight excluding hydrogens is 480 g/mol. The number of nitrogens with zero attached hydrogens (tertiary/aromatic N) is 4. The van der Waals surface area contributed by atoms with Crippen LogP contribution in [0.15, 0.2) is 60.6 Å². The maximum absolute atomic E-state index is 11.7. The Morgan fingerprint density at radius 2 is 1.81 bits per heavy atom. The summed E-state index contributed by atoms with van der Waals surface area (Å²) in [6.07, 6.45) is 6.25. The Kier molecular flexibility index (Phi) is 7.74. The van der Waals surface area contributed by atoms with E-state index >= 15 is 0 Å². The Hall–Kier alpha value is -3.39. The Labute approximate surface area is 223 Å². The molecule has 1 aliphatic carbocycles. The molecular formula is C29H36N6OS. The zero-order chi connectivity index (χ0) is 25.8. The number of fused-ring (bicyclic) bond motifs is 1. The van der Waals surface area contributed by atoms with Gasteiger partial charge in [-0.2, -0.15) is 4.98 Å². The van der Waals surface area contributed by atoms with Crippen molar-refractivity contribution >= 4 is 50.5 Å². The molecule has 0 radical (unpaired) electrons. The second kappa shape index (κ2) is 11.3. The Bertz CT molecular complexity index is 1250. The highest BCUT2D eigenvalue weighted by Crippen LogP contribution is 2.33. The fourth-order valence-corrected chi connectivity index (χ4v) is 6.10. The second-order valence-electron chi connectivity index (χ2n) is 10.1. The number of thiophene rings is 1. The van der Waals surface area contributed by atoms with Gasteiger partial charge in [0.25, 0.3) is 0 Å². The predicted octanol–water partition coefficient (Wildman–Crippen LogP) is 6.21. The van der Waals surface area contributed by atoms with Crippen LogP contribution in [0.3, 0.4) is 0 Å². The van der Waals surface area contributed by atoms with Crippen molar-refractivity contribution in [3.05, 3.63) is 60.6 Å². The number of hydrogen-bond acceptors (Lipinski definition) is 8. The normalized spacial score (nSPS) is 20.0. The number of hydrogen-bond donors (Lipinski definition) is 2. The highest BCUT2D eigenvalue weighted by atomic mass is 32.1. The third-order valence-corrected chi connectivity index (χ3v) is 8.43. The molecule has 2 aliphatic rings. The third kappa shape index (κ3) is 6.13. The Morgan fingerprint density at radius 1 is 1.08 bits per heavy atom. The number of ketones is 1. The van der Waals surface area contributed by atoms with Gasteiger partial charge < -0.3 is 20.4 Å². The van der Waals surface area contributed by atoms with E-state index in [1.54, 1.807) is 11.3 Å². The van der Waals surface area contributed by atoms with Gasteiger partial charge in [0.1, 0.15) is 5.82 Å². The maximum Gasteiger partial charge on any atom is 0.229 e. The molecule has 194 valence electrons. The highest BCUT2D eigenvalue weighted by Gasteiger charge is 2.24. The molecule has 7 nitrogen and oxygen atoms in total. The molecule has 0 amide bonds. The molecule has 5 rings (SSSR count). The molecule has 3 heterocycles. The van der Waals surface area contributed by atoms with Crippen molar-refractivity contribution in [1.82, 2.24) is 14.9 Å². The standard InChI is InChI=1S/C29H36N6OS/c1-4-25(36)19-21-5-7-22(8-6-21)30-28-27-26(13-18-37-27)32-29(33-28)31-23-9-11-24(12-10-23)35-16-14-34(15-17-35)20(2)3/h4,9-13,18,21-22H,1-2,5-8,14-17,19H2,3H3,(H2,30,31,32,33). The van der Waals surface area contributed by atoms with Gasteiger partial charge in [0, 0.05) is 55.7 Å². The molecule has 1 saturated carbocycles. The number of piperazine rings is 1. The predicted molar refractivity (Wildman–Crippen MR) is 155 cm³/mol. The summed E-state index contributed by atoms with van der Waals surface area (Å²) in [6, 6.07) is 10.9. The maximum atomic E-state index is 11.7. The van der Waals surface area contributed by atoms with Gasteiger partial charge in [-0.1, -0.05) is 13.2 Å². The van der Waals surface area contributed by atoms with Crippen LogP contribution in [0.1, 0.15) is 39.0 Å². The van der Waals surface area contributed by atoms with Gasteiger partial charge in [0.15, 0.2) is 5.78 Å². The van der Waals surface area contributed by atoms with E-state index in [0.29, 0.717) is 24.3 Å². The molecule has 0 unspecified atom stereocenters. The van der Waals surface area contributed by atoms with Gasteiger partial charge in [-0.25, -0.2) is 4.98 Å². The molecule has 0 spiro atoms. The fraction of sp³-hybridized carbons (Fsp3) is 0.414. The summed E-state index contributed by atoms with van der Waals surface area (Å²) in [5.74, 6) is 2.11. The lowest BCUT2D eigenvalue weighted by Gasteiger charge is -2.37. The molecule has 0 atom stereocenters. The summed E-state index contributed by atoms with van der Waals surface area (Å²) in [7, 11) is 0. The van der Waals surface area contributed by atoms with E-state index < -0.39 is 0 Å². The number of aromatic nitrogens is 2. The summed E-state index contributed by atoms with van der Waals surface area (Å²) in [5, 5.41) is 9.16. The first-order valence-electron chi connectivity index (χ1n) is 13.2. The van der Waals surface area contributed by atoms with Gasteiger partial charge >= 0.3 is 0 Å². The van der Waals surface area contributed by atoms with Crippen LogP contribution < -0.4 is 15.5 Å². The monoisotopic (exact) mass is 516 g/mol. The number of allylic oxidation sites excluding steroid dienone is 2. The minimum absolute atomic E-state index is 0.154. The van der Waals surface area contributed by atoms with Gasteiger partial charge in [-0.3, -0.25) is 4.79 Å². The molecule has 2 fully saturated rings. The molecule has 2 aromatic heterocycles. The van der Waals surface area contributed by atoms with Crippen molar-refractivity contribution in [2.75, 3.05) is 41.7 Å². The van der Waals surface area contributed by atoms with Crippen molar-refractivity contribution < 1.29 is 4.79 Å². The number of carbonyl (C=O) groups is 1. The molecule has 37 heavy (non-hydrogen) atoms.